The van der Waals surface area contributed by atoms with Gasteiger partial charge in [0.2, 0.25) is 0 Å². The van der Waals surface area contributed by atoms with Crippen LogP contribution in [0, 0.1) is 6.92 Å². The molecule has 1 heterocycles. The zero-order chi connectivity index (χ0) is 12.6. The summed E-state index contributed by atoms with van der Waals surface area (Å²) in [6.07, 6.45) is 0. The highest BCUT2D eigenvalue weighted by Gasteiger charge is 2.18. The van der Waals surface area contributed by atoms with Gasteiger partial charge in [0.05, 0.1) is 4.34 Å². The van der Waals surface area contributed by atoms with Gasteiger partial charge in [0, 0.05) is 15.5 Å². The molecule has 1 nitrogen and oxygen atoms in total. The van der Waals surface area contributed by atoms with Gasteiger partial charge in [-0.15, -0.1) is 11.3 Å². The third-order valence-electron chi connectivity index (χ3n) is 2.55. The number of ketones is 1. The van der Waals surface area contributed by atoms with Crippen LogP contribution in [0.25, 0.3) is 10.4 Å². The van der Waals surface area contributed by atoms with Crippen LogP contribution in [0.2, 0.25) is 9.36 Å². The van der Waals surface area contributed by atoms with Gasteiger partial charge in [-0.05, 0) is 37.1 Å². The average molecular weight is 285 g/mol. The predicted molar refractivity (Wildman–Crippen MR) is 74.5 cm³/mol. The van der Waals surface area contributed by atoms with Crippen molar-refractivity contribution in [3.8, 4) is 10.4 Å². The number of carbonyl (C=O) groups is 1. The number of rotatable bonds is 2. The van der Waals surface area contributed by atoms with Crippen molar-refractivity contribution >= 4 is 40.3 Å². The fourth-order valence-electron chi connectivity index (χ4n) is 1.71. The van der Waals surface area contributed by atoms with Gasteiger partial charge < -0.3 is 0 Å². The van der Waals surface area contributed by atoms with E-state index in [1.165, 1.54) is 11.3 Å². The molecule has 0 saturated carbocycles. The van der Waals surface area contributed by atoms with Gasteiger partial charge >= 0.3 is 0 Å². The lowest BCUT2D eigenvalue weighted by atomic mass is 10.0. The summed E-state index contributed by atoms with van der Waals surface area (Å²) < 4.78 is 0.667. The Morgan fingerprint density at radius 3 is 2.29 bits per heavy atom. The number of carbonyl (C=O) groups excluding carboxylic acids is 1. The molecule has 0 radical (unpaired) electrons. The van der Waals surface area contributed by atoms with E-state index in [4.69, 9.17) is 23.2 Å². The monoisotopic (exact) mass is 284 g/mol. The fraction of sp³-hybridized carbons (Fsp3) is 0.154. The van der Waals surface area contributed by atoms with E-state index in [1.807, 2.05) is 31.2 Å². The van der Waals surface area contributed by atoms with Gasteiger partial charge in [-0.2, -0.15) is 0 Å². The molecule has 0 spiro atoms. The predicted octanol–water partition coefficient (Wildman–Crippen LogP) is 5.23. The second-order valence-electron chi connectivity index (χ2n) is 3.77. The number of hydrogen-bond donors (Lipinski definition) is 0. The normalized spacial score (nSPS) is 10.6. The molecule has 0 aliphatic rings. The highest BCUT2D eigenvalue weighted by molar-refractivity contribution is 7.20. The average Bonchev–Trinajstić information content (AvgIpc) is 2.56. The van der Waals surface area contributed by atoms with E-state index in [-0.39, 0.29) is 5.78 Å². The van der Waals surface area contributed by atoms with E-state index < -0.39 is 0 Å². The van der Waals surface area contributed by atoms with E-state index in [2.05, 4.69) is 0 Å². The summed E-state index contributed by atoms with van der Waals surface area (Å²) >= 11 is 13.4. The Kier molecular flexibility index (Phi) is 3.57. The summed E-state index contributed by atoms with van der Waals surface area (Å²) in [5, 5.41) is 0.678. The van der Waals surface area contributed by atoms with Crippen LogP contribution in [-0.2, 0) is 0 Å². The molecule has 0 aliphatic heterocycles. The Balaban J connectivity index is 2.63. The minimum absolute atomic E-state index is 0.0376. The first-order valence-corrected chi connectivity index (χ1v) is 6.63. The highest BCUT2D eigenvalue weighted by atomic mass is 35.5. The second-order valence-corrected chi connectivity index (χ2v) is 5.83. The van der Waals surface area contributed by atoms with E-state index in [1.54, 1.807) is 6.92 Å². The molecule has 2 rings (SSSR count). The molecule has 4 heteroatoms. The molecule has 0 unspecified atom stereocenters. The fourth-order valence-corrected chi connectivity index (χ4v) is 3.25. The van der Waals surface area contributed by atoms with Crippen LogP contribution in [0.3, 0.4) is 0 Å². The van der Waals surface area contributed by atoms with E-state index in [0.29, 0.717) is 14.9 Å². The summed E-state index contributed by atoms with van der Waals surface area (Å²) in [5.41, 5.74) is 2.54. The van der Waals surface area contributed by atoms with Gasteiger partial charge in [-0.25, -0.2) is 0 Å². The van der Waals surface area contributed by atoms with Crippen LogP contribution in [0.5, 0.6) is 0 Å². The molecule has 1 aromatic heterocycles. The maximum absolute atomic E-state index is 11.7. The smallest absolute Gasteiger partial charge is 0.161 e. The molecule has 88 valence electrons. The third kappa shape index (κ3) is 2.39. The second kappa shape index (κ2) is 4.81. The Bertz CT molecular complexity index is 570. The summed E-state index contributed by atoms with van der Waals surface area (Å²) in [6.45, 7) is 3.43. The Morgan fingerprint density at radius 1 is 1.18 bits per heavy atom. The maximum Gasteiger partial charge on any atom is 0.161 e. The van der Waals surface area contributed by atoms with Crippen molar-refractivity contribution in [3.05, 3.63) is 44.8 Å². The SMILES string of the molecule is CC(=O)c1c(-c2ccc(Cl)cc2)sc(Cl)c1C. The quantitative estimate of drug-likeness (QED) is 0.690. The molecule has 0 amide bonds. The van der Waals surface area contributed by atoms with Gasteiger partial charge in [-0.1, -0.05) is 35.3 Å². The van der Waals surface area contributed by atoms with Crippen LogP contribution < -0.4 is 0 Å². The van der Waals surface area contributed by atoms with Gasteiger partial charge in [0.15, 0.2) is 5.78 Å². The minimum Gasteiger partial charge on any atom is -0.294 e. The van der Waals surface area contributed by atoms with Gasteiger partial charge in [0.1, 0.15) is 0 Å². The number of hydrogen-bond acceptors (Lipinski definition) is 2. The van der Waals surface area contributed by atoms with Crippen molar-refractivity contribution < 1.29 is 4.79 Å². The van der Waals surface area contributed by atoms with Crippen LogP contribution in [0.4, 0.5) is 0 Å². The largest absolute Gasteiger partial charge is 0.294 e. The summed E-state index contributed by atoms with van der Waals surface area (Å²) in [7, 11) is 0. The molecule has 0 aliphatic carbocycles. The van der Waals surface area contributed by atoms with E-state index in [9.17, 15) is 4.79 Å². The van der Waals surface area contributed by atoms with Crippen molar-refractivity contribution in [2.75, 3.05) is 0 Å². The lowest BCUT2D eigenvalue weighted by Gasteiger charge is -2.02. The minimum atomic E-state index is 0.0376. The van der Waals surface area contributed by atoms with Crippen molar-refractivity contribution in [1.82, 2.24) is 0 Å². The number of benzene rings is 1. The maximum atomic E-state index is 11.7. The molecule has 0 saturated heterocycles. The van der Waals surface area contributed by atoms with Crippen LogP contribution in [0.15, 0.2) is 24.3 Å². The number of halogens is 2. The van der Waals surface area contributed by atoms with Crippen molar-refractivity contribution in [3.63, 3.8) is 0 Å². The van der Waals surface area contributed by atoms with Gasteiger partial charge in [0.25, 0.3) is 0 Å². The molecule has 0 bridgehead atoms. The molecule has 1 aromatic carbocycles. The van der Waals surface area contributed by atoms with Crippen molar-refractivity contribution in [2.45, 2.75) is 13.8 Å². The van der Waals surface area contributed by atoms with Crippen LogP contribution in [0.1, 0.15) is 22.8 Å². The van der Waals surface area contributed by atoms with Crippen molar-refractivity contribution in [1.29, 1.82) is 0 Å². The Labute approximate surface area is 114 Å². The molecular formula is C13H10Cl2OS. The van der Waals surface area contributed by atoms with Crippen LogP contribution in [-0.4, -0.2) is 5.78 Å². The lowest BCUT2D eigenvalue weighted by molar-refractivity contribution is 0.101. The van der Waals surface area contributed by atoms with Crippen molar-refractivity contribution in [2.24, 2.45) is 0 Å². The highest BCUT2D eigenvalue weighted by Crippen LogP contribution is 2.39. The topological polar surface area (TPSA) is 17.1 Å². The van der Waals surface area contributed by atoms with Crippen LogP contribution >= 0.6 is 34.5 Å². The van der Waals surface area contributed by atoms with E-state index in [0.717, 1.165) is 16.0 Å². The molecular weight excluding hydrogens is 275 g/mol. The first-order chi connectivity index (χ1) is 8.00. The summed E-state index contributed by atoms with van der Waals surface area (Å²) in [5.74, 6) is 0.0376. The standard InChI is InChI=1S/C13H10Cl2OS/c1-7-11(8(2)16)12(17-13(7)15)9-3-5-10(14)6-4-9/h3-6H,1-2H3. The Hall–Kier alpha value is -0.830. The summed E-state index contributed by atoms with van der Waals surface area (Å²) in [6, 6.07) is 7.42. The van der Waals surface area contributed by atoms with Gasteiger partial charge in [-0.3, -0.25) is 4.79 Å². The zero-order valence-corrected chi connectivity index (χ0v) is 11.7. The molecule has 17 heavy (non-hydrogen) atoms. The zero-order valence-electron chi connectivity index (χ0n) is 9.38. The number of Topliss-reactive ketones (excluding diaryl/α,β-unsaturated/α-hetero) is 1. The number of thiophene rings is 1. The molecule has 2 aromatic rings. The summed E-state index contributed by atoms with van der Waals surface area (Å²) in [4.78, 5) is 12.6. The Morgan fingerprint density at radius 2 is 1.76 bits per heavy atom. The molecule has 0 N–H and O–H groups in total. The van der Waals surface area contributed by atoms with E-state index >= 15 is 0 Å². The molecule has 0 atom stereocenters. The third-order valence-corrected chi connectivity index (χ3v) is 4.44. The molecule has 0 fully saturated rings. The lowest BCUT2D eigenvalue weighted by Crippen LogP contribution is -1.94. The first kappa shape index (κ1) is 12.6. The first-order valence-electron chi connectivity index (χ1n) is 5.06.